The van der Waals surface area contributed by atoms with Crippen molar-refractivity contribution in [2.24, 2.45) is 5.92 Å². The quantitative estimate of drug-likeness (QED) is 0.714. The van der Waals surface area contributed by atoms with Crippen molar-refractivity contribution in [2.45, 2.75) is 51.5 Å². The van der Waals surface area contributed by atoms with Crippen LogP contribution in [0.5, 0.6) is 0 Å². The Hall–Kier alpha value is -1.04. The van der Waals surface area contributed by atoms with Crippen LogP contribution in [0, 0.1) is 17.2 Å². The largest absolute Gasteiger partial charge is 0.343 e. The highest BCUT2D eigenvalue weighted by atomic mass is 16.2. The highest BCUT2D eigenvalue weighted by molar-refractivity contribution is 5.76. The molecule has 1 rings (SSSR count). The van der Waals surface area contributed by atoms with E-state index in [-0.39, 0.29) is 11.8 Å². The van der Waals surface area contributed by atoms with Crippen LogP contribution in [0.1, 0.15) is 45.4 Å². The van der Waals surface area contributed by atoms with Gasteiger partial charge < -0.3 is 4.90 Å². The molecule has 15 heavy (non-hydrogen) atoms. The van der Waals surface area contributed by atoms with Gasteiger partial charge in [0.05, 0.1) is 6.07 Å². The molecule has 0 aromatic heterocycles. The molecule has 84 valence electrons. The Kier molecular flexibility index (Phi) is 4.61. The van der Waals surface area contributed by atoms with Gasteiger partial charge in [0.15, 0.2) is 0 Å². The Bertz CT molecular complexity index is 249. The van der Waals surface area contributed by atoms with Crippen molar-refractivity contribution in [2.75, 3.05) is 7.05 Å². The Morgan fingerprint density at radius 3 is 2.47 bits per heavy atom. The summed E-state index contributed by atoms with van der Waals surface area (Å²) in [5.41, 5.74) is 0. The number of nitriles is 1. The number of amides is 1. The van der Waals surface area contributed by atoms with Crippen LogP contribution in [0.3, 0.4) is 0 Å². The van der Waals surface area contributed by atoms with Gasteiger partial charge in [0.25, 0.3) is 0 Å². The molecule has 3 heteroatoms. The summed E-state index contributed by atoms with van der Waals surface area (Å²) in [6, 6.07) is 2.68. The Balaban J connectivity index is 2.39. The second-order valence-corrected chi connectivity index (χ2v) is 4.39. The standard InChI is InChI=1S/C12H20N2O/c1-3-4-12(15)14(2)11-7-5-10(9-13)6-8-11/h10-11H,3-8H2,1-2H3. The first kappa shape index (κ1) is 12.0. The summed E-state index contributed by atoms with van der Waals surface area (Å²) in [5, 5.41) is 8.78. The maximum atomic E-state index is 11.7. The van der Waals surface area contributed by atoms with E-state index >= 15 is 0 Å². The molecule has 0 unspecified atom stereocenters. The number of carbonyl (C=O) groups excluding carboxylic acids is 1. The fourth-order valence-electron chi connectivity index (χ4n) is 2.19. The van der Waals surface area contributed by atoms with Crippen LogP contribution in [-0.2, 0) is 4.79 Å². The summed E-state index contributed by atoms with van der Waals surface area (Å²) in [6.07, 6.45) is 5.44. The number of carbonyl (C=O) groups is 1. The van der Waals surface area contributed by atoms with Gasteiger partial charge in [0.1, 0.15) is 0 Å². The summed E-state index contributed by atoms with van der Waals surface area (Å²) in [4.78, 5) is 13.5. The third-order valence-electron chi connectivity index (χ3n) is 3.28. The summed E-state index contributed by atoms with van der Waals surface area (Å²) >= 11 is 0. The molecule has 0 aliphatic heterocycles. The van der Waals surface area contributed by atoms with E-state index in [1.807, 2.05) is 18.9 Å². The van der Waals surface area contributed by atoms with E-state index < -0.39 is 0 Å². The molecule has 3 nitrogen and oxygen atoms in total. The smallest absolute Gasteiger partial charge is 0.222 e. The first-order chi connectivity index (χ1) is 7.19. The second-order valence-electron chi connectivity index (χ2n) is 4.39. The first-order valence-corrected chi connectivity index (χ1v) is 5.84. The molecule has 0 atom stereocenters. The van der Waals surface area contributed by atoms with E-state index in [1.54, 1.807) is 0 Å². The molecule has 0 spiro atoms. The van der Waals surface area contributed by atoms with E-state index in [0.29, 0.717) is 12.5 Å². The van der Waals surface area contributed by atoms with Crippen molar-refractivity contribution in [3.05, 3.63) is 0 Å². The molecule has 1 saturated carbocycles. The molecule has 0 bridgehead atoms. The van der Waals surface area contributed by atoms with Crippen LogP contribution in [-0.4, -0.2) is 23.9 Å². The monoisotopic (exact) mass is 208 g/mol. The highest BCUT2D eigenvalue weighted by Gasteiger charge is 2.25. The number of hydrogen-bond donors (Lipinski definition) is 0. The van der Waals surface area contributed by atoms with Crippen LogP contribution in [0.15, 0.2) is 0 Å². The average molecular weight is 208 g/mol. The van der Waals surface area contributed by atoms with Gasteiger partial charge >= 0.3 is 0 Å². The summed E-state index contributed by atoms with van der Waals surface area (Å²) in [5.74, 6) is 0.467. The van der Waals surface area contributed by atoms with Crippen LogP contribution in [0.2, 0.25) is 0 Å². The minimum atomic E-state index is 0.218. The van der Waals surface area contributed by atoms with Crippen LogP contribution in [0.25, 0.3) is 0 Å². The zero-order valence-corrected chi connectivity index (χ0v) is 9.70. The molecule has 0 radical (unpaired) electrons. The van der Waals surface area contributed by atoms with Crippen LogP contribution < -0.4 is 0 Å². The van der Waals surface area contributed by atoms with Gasteiger partial charge in [0, 0.05) is 25.4 Å². The van der Waals surface area contributed by atoms with E-state index in [9.17, 15) is 4.79 Å². The van der Waals surface area contributed by atoms with E-state index in [2.05, 4.69) is 6.07 Å². The van der Waals surface area contributed by atoms with Crippen LogP contribution >= 0.6 is 0 Å². The molecule has 0 aromatic carbocycles. The second kappa shape index (κ2) is 5.75. The third-order valence-corrected chi connectivity index (χ3v) is 3.28. The molecule has 0 aromatic rings. The Morgan fingerprint density at radius 1 is 1.40 bits per heavy atom. The summed E-state index contributed by atoms with van der Waals surface area (Å²) in [6.45, 7) is 2.03. The van der Waals surface area contributed by atoms with Crippen molar-refractivity contribution in [3.8, 4) is 6.07 Å². The van der Waals surface area contributed by atoms with Crippen molar-refractivity contribution in [1.82, 2.24) is 4.90 Å². The van der Waals surface area contributed by atoms with Gasteiger partial charge in [-0.1, -0.05) is 6.92 Å². The highest BCUT2D eigenvalue weighted by Crippen LogP contribution is 2.26. The van der Waals surface area contributed by atoms with Crippen LogP contribution in [0.4, 0.5) is 0 Å². The van der Waals surface area contributed by atoms with Gasteiger partial charge in [-0.25, -0.2) is 0 Å². The van der Waals surface area contributed by atoms with Gasteiger partial charge in [-0.2, -0.15) is 5.26 Å². The normalized spacial score (nSPS) is 25.7. The fourth-order valence-corrected chi connectivity index (χ4v) is 2.19. The topological polar surface area (TPSA) is 44.1 Å². The maximum absolute atomic E-state index is 11.7. The van der Waals surface area contributed by atoms with Gasteiger partial charge in [-0.05, 0) is 32.1 Å². The summed E-state index contributed by atoms with van der Waals surface area (Å²) < 4.78 is 0. The molecule has 0 N–H and O–H groups in total. The third kappa shape index (κ3) is 3.23. The molecule has 0 saturated heterocycles. The first-order valence-electron chi connectivity index (χ1n) is 5.84. The Morgan fingerprint density at radius 2 is 2.00 bits per heavy atom. The van der Waals surface area contributed by atoms with Crippen molar-refractivity contribution in [1.29, 1.82) is 5.26 Å². The lowest BCUT2D eigenvalue weighted by molar-refractivity contribution is -0.132. The zero-order chi connectivity index (χ0) is 11.3. The maximum Gasteiger partial charge on any atom is 0.222 e. The number of hydrogen-bond acceptors (Lipinski definition) is 2. The predicted molar refractivity (Wildman–Crippen MR) is 59.0 cm³/mol. The molecule has 1 amide bonds. The molecule has 1 aliphatic rings. The van der Waals surface area contributed by atoms with Crippen molar-refractivity contribution < 1.29 is 4.79 Å². The molecular weight excluding hydrogens is 188 g/mol. The molecule has 0 heterocycles. The average Bonchev–Trinajstić information content (AvgIpc) is 2.28. The Labute approximate surface area is 92.1 Å². The number of rotatable bonds is 3. The minimum Gasteiger partial charge on any atom is -0.343 e. The SMILES string of the molecule is CCCC(=O)N(C)C1CCC(C#N)CC1. The number of nitrogens with zero attached hydrogens (tertiary/aromatic N) is 2. The summed E-state index contributed by atoms with van der Waals surface area (Å²) in [7, 11) is 1.90. The van der Waals surface area contributed by atoms with Gasteiger partial charge in [-0.15, -0.1) is 0 Å². The lowest BCUT2D eigenvalue weighted by Gasteiger charge is -2.32. The predicted octanol–water partition coefficient (Wildman–Crippen LogP) is 2.33. The zero-order valence-electron chi connectivity index (χ0n) is 9.70. The molecular formula is C12H20N2O. The minimum absolute atomic E-state index is 0.218. The van der Waals surface area contributed by atoms with Crippen molar-refractivity contribution in [3.63, 3.8) is 0 Å². The lowest BCUT2D eigenvalue weighted by Crippen LogP contribution is -2.39. The van der Waals surface area contributed by atoms with Gasteiger partial charge in [-0.3, -0.25) is 4.79 Å². The van der Waals surface area contributed by atoms with E-state index in [4.69, 9.17) is 5.26 Å². The lowest BCUT2D eigenvalue weighted by atomic mass is 9.86. The van der Waals surface area contributed by atoms with Gasteiger partial charge in [0.2, 0.25) is 5.91 Å². The molecule has 1 fully saturated rings. The van der Waals surface area contributed by atoms with E-state index in [0.717, 1.165) is 32.1 Å². The van der Waals surface area contributed by atoms with Crippen molar-refractivity contribution >= 4 is 5.91 Å². The van der Waals surface area contributed by atoms with E-state index in [1.165, 1.54) is 0 Å². The molecule has 1 aliphatic carbocycles. The fraction of sp³-hybridized carbons (Fsp3) is 0.833.